The van der Waals surface area contributed by atoms with Crippen LogP contribution in [0.2, 0.25) is 0 Å². The molecular weight excluding hydrogens is 302 g/mol. The first-order valence-electron chi connectivity index (χ1n) is 7.28. The Morgan fingerprint density at radius 3 is 2.95 bits per heavy atom. The SMILES string of the molecule is CCC1CCCC(NCc2cc(OC)ccc2Br)C1. The number of rotatable bonds is 5. The second-order valence-electron chi connectivity index (χ2n) is 5.48. The van der Waals surface area contributed by atoms with Gasteiger partial charge in [0, 0.05) is 17.1 Å². The molecule has 0 bridgehead atoms. The smallest absolute Gasteiger partial charge is 0.119 e. The molecule has 3 heteroatoms. The van der Waals surface area contributed by atoms with Gasteiger partial charge in [-0.3, -0.25) is 0 Å². The summed E-state index contributed by atoms with van der Waals surface area (Å²) < 4.78 is 6.44. The average molecular weight is 326 g/mol. The van der Waals surface area contributed by atoms with Crippen molar-refractivity contribution in [2.24, 2.45) is 5.92 Å². The van der Waals surface area contributed by atoms with Crippen molar-refractivity contribution in [3.63, 3.8) is 0 Å². The number of halogens is 1. The van der Waals surface area contributed by atoms with E-state index in [-0.39, 0.29) is 0 Å². The van der Waals surface area contributed by atoms with Gasteiger partial charge in [-0.25, -0.2) is 0 Å². The van der Waals surface area contributed by atoms with E-state index in [0.717, 1.165) is 22.7 Å². The summed E-state index contributed by atoms with van der Waals surface area (Å²) in [4.78, 5) is 0. The number of hydrogen-bond donors (Lipinski definition) is 1. The highest BCUT2D eigenvalue weighted by Gasteiger charge is 2.20. The van der Waals surface area contributed by atoms with Crippen LogP contribution in [0.1, 0.15) is 44.6 Å². The summed E-state index contributed by atoms with van der Waals surface area (Å²) in [5, 5.41) is 3.71. The third-order valence-corrected chi connectivity index (χ3v) is 4.97. The molecular formula is C16H24BrNO. The van der Waals surface area contributed by atoms with Gasteiger partial charge in [-0.1, -0.05) is 42.1 Å². The van der Waals surface area contributed by atoms with Gasteiger partial charge in [0.2, 0.25) is 0 Å². The fourth-order valence-corrected chi connectivity index (χ4v) is 3.30. The lowest BCUT2D eigenvalue weighted by molar-refractivity contribution is 0.278. The summed E-state index contributed by atoms with van der Waals surface area (Å²) in [6, 6.07) is 6.83. The van der Waals surface area contributed by atoms with E-state index in [1.807, 2.05) is 6.07 Å². The number of benzene rings is 1. The minimum absolute atomic E-state index is 0.678. The van der Waals surface area contributed by atoms with E-state index in [1.54, 1.807) is 7.11 Å². The Labute approximate surface area is 125 Å². The molecule has 0 saturated heterocycles. The molecule has 0 heterocycles. The molecule has 106 valence electrons. The summed E-state index contributed by atoms with van der Waals surface area (Å²) in [7, 11) is 1.72. The van der Waals surface area contributed by atoms with Crippen molar-refractivity contribution in [2.75, 3.05) is 7.11 Å². The minimum atomic E-state index is 0.678. The number of nitrogens with one attached hydrogen (secondary N) is 1. The van der Waals surface area contributed by atoms with Gasteiger partial charge in [-0.15, -0.1) is 0 Å². The third kappa shape index (κ3) is 4.22. The van der Waals surface area contributed by atoms with Crippen LogP contribution in [0, 0.1) is 5.92 Å². The Balaban J connectivity index is 1.91. The molecule has 0 aliphatic heterocycles. The second-order valence-corrected chi connectivity index (χ2v) is 6.33. The summed E-state index contributed by atoms with van der Waals surface area (Å²) in [5.74, 6) is 1.84. The van der Waals surface area contributed by atoms with Crippen LogP contribution in [0.15, 0.2) is 22.7 Å². The van der Waals surface area contributed by atoms with E-state index < -0.39 is 0 Å². The van der Waals surface area contributed by atoms with Crippen molar-refractivity contribution in [3.05, 3.63) is 28.2 Å². The van der Waals surface area contributed by atoms with Crippen LogP contribution in [-0.4, -0.2) is 13.2 Å². The summed E-state index contributed by atoms with van der Waals surface area (Å²) in [6.07, 6.45) is 6.75. The van der Waals surface area contributed by atoms with Crippen molar-refractivity contribution < 1.29 is 4.74 Å². The monoisotopic (exact) mass is 325 g/mol. The summed E-state index contributed by atoms with van der Waals surface area (Å²) in [6.45, 7) is 3.23. The zero-order valence-electron chi connectivity index (χ0n) is 11.9. The van der Waals surface area contributed by atoms with Crippen LogP contribution in [-0.2, 0) is 6.54 Å². The molecule has 2 nitrogen and oxygen atoms in total. The van der Waals surface area contributed by atoms with Crippen LogP contribution < -0.4 is 10.1 Å². The standard InChI is InChI=1S/C16H24BrNO/c1-3-12-5-4-6-14(9-12)18-11-13-10-15(19-2)7-8-16(13)17/h7-8,10,12,14,18H,3-6,9,11H2,1-2H3. The van der Waals surface area contributed by atoms with Gasteiger partial charge in [0.25, 0.3) is 0 Å². The van der Waals surface area contributed by atoms with Gasteiger partial charge in [0.1, 0.15) is 5.75 Å². The average Bonchev–Trinajstić information content (AvgIpc) is 2.46. The van der Waals surface area contributed by atoms with Crippen LogP contribution in [0.3, 0.4) is 0 Å². The molecule has 1 aromatic carbocycles. The molecule has 2 atom stereocenters. The third-order valence-electron chi connectivity index (χ3n) is 4.19. The lowest BCUT2D eigenvalue weighted by atomic mass is 9.84. The number of ether oxygens (including phenoxy) is 1. The fourth-order valence-electron chi connectivity index (χ4n) is 2.92. The van der Waals surface area contributed by atoms with Gasteiger partial charge >= 0.3 is 0 Å². The highest BCUT2D eigenvalue weighted by molar-refractivity contribution is 9.10. The van der Waals surface area contributed by atoms with Crippen molar-refractivity contribution in [1.82, 2.24) is 5.32 Å². The Bertz CT molecular complexity index is 408. The van der Waals surface area contributed by atoms with E-state index in [4.69, 9.17) is 4.74 Å². The van der Waals surface area contributed by atoms with Crippen LogP contribution in [0.25, 0.3) is 0 Å². The van der Waals surface area contributed by atoms with Crippen molar-refractivity contribution >= 4 is 15.9 Å². The molecule has 2 rings (SSSR count). The van der Waals surface area contributed by atoms with Crippen LogP contribution in [0.4, 0.5) is 0 Å². The van der Waals surface area contributed by atoms with E-state index in [1.165, 1.54) is 37.7 Å². The highest BCUT2D eigenvalue weighted by atomic mass is 79.9. The molecule has 1 aliphatic carbocycles. The maximum absolute atomic E-state index is 5.29. The van der Waals surface area contributed by atoms with E-state index in [9.17, 15) is 0 Å². The quantitative estimate of drug-likeness (QED) is 0.859. The molecule has 0 amide bonds. The van der Waals surface area contributed by atoms with Gasteiger partial charge < -0.3 is 10.1 Å². The fraction of sp³-hybridized carbons (Fsp3) is 0.625. The largest absolute Gasteiger partial charge is 0.497 e. The molecule has 1 N–H and O–H groups in total. The summed E-state index contributed by atoms with van der Waals surface area (Å²) >= 11 is 3.61. The van der Waals surface area contributed by atoms with Gasteiger partial charge in [-0.05, 0) is 42.5 Å². The molecule has 0 radical (unpaired) electrons. The first-order valence-corrected chi connectivity index (χ1v) is 8.08. The maximum Gasteiger partial charge on any atom is 0.119 e. The molecule has 0 aromatic heterocycles. The highest BCUT2D eigenvalue weighted by Crippen LogP contribution is 2.27. The predicted molar refractivity (Wildman–Crippen MR) is 83.6 cm³/mol. The van der Waals surface area contributed by atoms with Crippen LogP contribution >= 0.6 is 15.9 Å². The molecule has 1 fully saturated rings. The lowest BCUT2D eigenvalue weighted by Gasteiger charge is -2.29. The number of hydrogen-bond acceptors (Lipinski definition) is 2. The van der Waals surface area contributed by atoms with Crippen LogP contribution in [0.5, 0.6) is 5.75 Å². The Kier molecular flexibility index (Phi) is 5.71. The predicted octanol–water partition coefficient (Wildman–Crippen LogP) is 4.52. The minimum Gasteiger partial charge on any atom is -0.497 e. The van der Waals surface area contributed by atoms with Gasteiger partial charge in [-0.2, -0.15) is 0 Å². The Morgan fingerprint density at radius 1 is 1.37 bits per heavy atom. The van der Waals surface area contributed by atoms with Gasteiger partial charge in [0.05, 0.1) is 7.11 Å². The topological polar surface area (TPSA) is 21.3 Å². The first kappa shape index (κ1) is 14.9. The maximum atomic E-state index is 5.29. The van der Waals surface area contributed by atoms with E-state index in [0.29, 0.717) is 6.04 Å². The normalized spacial score (nSPS) is 23.3. The molecule has 19 heavy (non-hydrogen) atoms. The summed E-state index contributed by atoms with van der Waals surface area (Å²) in [5.41, 5.74) is 1.28. The molecule has 2 unspecified atom stereocenters. The zero-order chi connectivity index (χ0) is 13.7. The van der Waals surface area contributed by atoms with Crippen molar-refractivity contribution in [3.8, 4) is 5.75 Å². The molecule has 0 spiro atoms. The molecule has 1 saturated carbocycles. The molecule has 1 aromatic rings. The van der Waals surface area contributed by atoms with Crippen molar-refractivity contribution in [1.29, 1.82) is 0 Å². The second kappa shape index (κ2) is 7.30. The Hall–Kier alpha value is -0.540. The van der Waals surface area contributed by atoms with Crippen molar-refractivity contribution in [2.45, 2.75) is 51.6 Å². The molecule has 1 aliphatic rings. The zero-order valence-corrected chi connectivity index (χ0v) is 13.5. The van der Waals surface area contributed by atoms with E-state index >= 15 is 0 Å². The Morgan fingerprint density at radius 2 is 2.21 bits per heavy atom. The lowest BCUT2D eigenvalue weighted by Crippen LogP contribution is -2.33. The number of methoxy groups -OCH3 is 1. The first-order chi connectivity index (χ1) is 9.22. The van der Waals surface area contributed by atoms with E-state index in [2.05, 4.69) is 40.3 Å². The van der Waals surface area contributed by atoms with Gasteiger partial charge in [0.15, 0.2) is 0 Å².